The molecule has 2 aliphatic heterocycles. The lowest BCUT2D eigenvalue weighted by molar-refractivity contribution is -0.137. The zero-order valence-corrected chi connectivity index (χ0v) is 14.1. The lowest BCUT2D eigenvalue weighted by Crippen LogP contribution is -2.33. The fraction of sp³-hybridized carbons (Fsp3) is 0.533. The molecule has 4 heterocycles. The summed E-state index contributed by atoms with van der Waals surface area (Å²) >= 11 is 0. The molecule has 0 saturated carbocycles. The lowest BCUT2D eigenvalue weighted by Gasteiger charge is -2.21. The van der Waals surface area contributed by atoms with Gasteiger partial charge in [-0.2, -0.15) is 23.3 Å². The summed E-state index contributed by atoms with van der Waals surface area (Å²) in [5, 5.41) is 10.1. The number of hydrogen-bond acceptors (Lipinski definition) is 7. The number of aryl methyl sites for hydroxylation is 2. The van der Waals surface area contributed by atoms with Gasteiger partial charge >= 0.3 is 6.18 Å². The average molecular weight is 370 g/mol. The van der Waals surface area contributed by atoms with E-state index in [0.29, 0.717) is 23.9 Å². The second-order valence-electron chi connectivity index (χ2n) is 6.32. The Labute approximate surface area is 146 Å². The predicted molar refractivity (Wildman–Crippen MR) is 85.5 cm³/mol. The summed E-state index contributed by atoms with van der Waals surface area (Å²) in [4.78, 5) is 7.85. The van der Waals surface area contributed by atoms with E-state index in [1.807, 2.05) is 0 Å². The third kappa shape index (κ3) is 2.91. The first-order valence-corrected chi connectivity index (χ1v) is 8.05. The number of halogens is 3. The van der Waals surface area contributed by atoms with Crippen molar-refractivity contribution in [1.29, 1.82) is 0 Å². The van der Waals surface area contributed by atoms with E-state index in [4.69, 9.17) is 9.47 Å². The lowest BCUT2D eigenvalue weighted by atomic mass is 10.0. The van der Waals surface area contributed by atoms with E-state index in [1.165, 1.54) is 0 Å². The number of aromatic nitrogens is 4. The summed E-state index contributed by atoms with van der Waals surface area (Å²) in [7, 11) is 1.70. The van der Waals surface area contributed by atoms with Crippen molar-refractivity contribution in [2.24, 2.45) is 13.0 Å². The Morgan fingerprint density at radius 2 is 2.08 bits per heavy atom. The van der Waals surface area contributed by atoms with E-state index in [0.717, 1.165) is 6.20 Å². The van der Waals surface area contributed by atoms with Crippen molar-refractivity contribution in [1.82, 2.24) is 19.7 Å². The van der Waals surface area contributed by atoms with Crippen LogP contribution in [0, 0.1) is 12.8 Å². The Kier molecular flexibility index (Phi) is 3.90. The highest BCUT2D eigenvalue weighted by molar-refractivity contribution is 5.62. The van der Waals surface area contributed by atoms with Crippen molar-refractivity contribution >= 4 is 17.6 Å². The minimum atomic E-state index is -4.57. The van der Waals surface area contributed by atoms with Crippen molar-refractivity contribution in [3.05, 3.63) is 17.5 Å². The number of rotatable bonds is 0. The number of fused-ring (bicyclic) bond motifs is 4. The summed E-state index contributed by atoms with van der Waals surface area (Å²) in [6, 6.07) is -0.350. The van der Waals surface area contributed by atoms with Gasteiger partial charge in [0.05, 0.1) is 25.9 Å². The molecule has 0 amide bonds. The van der Waals surface area contributed by atoms with Crippen molar-refractivity contribution < 1.29 is 22.6 Å². The average Bonchev–Trinajstić information content (AvgIpc) is 3.09. The Bertz CT molecular complexity index is 838. The van der Waals surface area contributed by atoms with Crippen LogP contribution >= 0.6 is 0 Å². The molecule has 1 fully saturated rings. The standard InChI is InChI=1S/C15H17F3N6O2/c1-7-11-13(24(2)23-7)22-14-19-3-9(15(16,17)18)12(21-14)20-10-6-25-4-8(10)5-26-11/h3,8,10H,4-6H2,1-2H3,(H2,19,20,21,22)/t8?,10-/m1/s1. The highest BCUT2D eigenvalue weighted by Gasteiger charge is 2.38. The van der Waals surface area contributed by atoms with E-state index in [2.05, 4.69) is 25.7 Å². The van der Waals surface area contributed by atoms with Gasteiger partial charge < -0.3 is 20.1 Å². The van der Waals surface area contributed by atoms with Gasteiger partial charge in [0.15, 0.2) is 11.6 Å². The van der Waals surface area contributed by atoms with Gasteiger partial charge in [-0.3, -0.25) is 0 Å². The van der Waals surface area contributed by atoms with E-state index in [1.54, 1.807) is 18.7 Å². The summed E-state index contributed by atoms with van der Waals surface area (Å²) in [5.41, 5.74) is -0.264. The number of alkyl halides is 3. The first kappa shape index (κ1) is 16.9. The molecule has 2 atom stereocenters. The highest BCUT2D eigenvalue weighted by Crippen LogP contribution is 2.37. The first-order valence-electron chi connectivity index (χ1n) is 8.05. The molecule has 11 heteroatoms. The fourth-order valence-corrected chi connectivity index (χ4v) is 3.10. The largest absolute Gasteiger partial charge is 0.487 e. The van der Waals surface area contributed by atoms with Crippen LogP contribution in [0.5, 0.6) is 5.75 Å². The van der Waals surface area contributed by atoms with Crippen LogP contribution in [0.15, 0.2) is 6.20 Å². The molecule has 4 rings (SSSR count). The second-order valence-corrected chi connectivity index (χ2v) is 6.32. The number of ether oxygens (including phenoxy) is 2. The highest BCUT2D eigenvalue weighted by atomic mass is 19.4. The molecule has 2 aromatic heterocycles. The van der Waals surface area contributed by atoms with Crippen LogP contribution in [0.4, 0.5) is 30.8 Å². The Morgan fingerprint density at radius 3 is 2.85 bits per heavy atom. The maximum absolute atomic E-state index is 13.3. The molecular weight excluding hydrogens is 353 g/mol. The maximum Gasteiger partial charge on any atom is 0.421 e. The van der Waals surface area contributed by atoms with E-state index in [-0.39, 0.29) is 36.9 Å². The summed E-state index contributed by atoms with van der Waals surface area (Å²) in [5.74, 6) is 0.610. The quantitative estimate of drug-likeness (QED) is 0.734. The van der Waals surface area contributed by atoms with E-state index < -0.39 is 11.7 Å². The van der Waals surface area contributed by atoms with Gasteiger partial charge in [-0.05, 0) is 6.92 Å². The van der Waals surface area contributed by atoms with Crippen LogP contribution in [0.3, 0.4) is 0 Å². The third-order valence-corrected chi connectivity index (χ3v) is 4.45. The van der Waals surface area contributed by atoms with Crippen molar-refractivity contribution in [3.63, 3.8) is 0 Å². The molecule has 0 aliphatic carbocycles. The molecule has 26 heavy (non-hydrogen) atoms. The van der Waals surface area contributed by atoms with Crippen molar-refractivity contribution in [2.75, 3.05) is 30.5 Å². The molecule has 2 aliphatic rings. The van der Waals surface area contributed by atoms with Crippen LogP contribution < -0.4 is 15.4 Å². The molecule has 1 unspecified atom stereocenters. The number of nitrogens with one attached hydrogen (secondary N) is 2. The van der Waals surface area contributed by atoms with E-state index >= 15 is 0 Å². The Balaban J connectivity index is 1.82. The molecule has 8 nitrogen and oxygen atoms in total. The second kappa shape index (κ2) is 6.01. The van der Waals surface area contributed by atoms with Crippen molar-refractivity contribution in [3.8, 4) is 5.75 Å². The molecular formula is C15H17F3N6O2. The molecule has 2 bridgehead atoms. The van der Waals surface area contributed by atoms with Gasteiger partial charge in [0.2, 0.25) is 5.95 Å². The maximum atomic E-state index is 13.3. The SMILES string of the molecule is Cc1nn(C)c2c1OCC1COC[C@H]1Nc1nc(ncc1C(F)(F)F)N2. The van der Waals surface area contributed by atoms with Gasteiger partial charge in [0.1, 0.15) is 17.1 Å². The zero-order chi connectivity index (χ0) is 18.5. The summed E-state index contributed by atoms with van der Waals surface area (Å²) in [6.07, 6.45) is -3.80. The first-order chi connectivity index (χ1) is 12.3. The molecule has 0 spiro atoms. The molecule has 1 saturated heterocycles. The molecule has 0 radical (unpaired) electrons. The molecule has 2 N–H and O–H groups in total. The normalized spacial score (nSPS) is 22.3. The van der Waals surface area contributed by atoms with Crippen LogP contribution in [-0.4, -0.2) is 45.6 Å². The monoisotopic (exact) mass is 370 g/mol. The number of nitrogens with zero attached hydrogens (tertiary/aromatic N) is 4. The van der Waals surface area contributed by atoms with Gasteiger partial charge in [0.25, 0.3) is 0 Å². The minimum absolute atomic E-state index is 0.0192. The van der Waals surface area contributed by atoms with Gasteiger partial charge in [0, 0.05) is 19.2 Å². The fourth-order valence-electron chi connectivity index (χ4n) is 3.10. The predicted octanol–water partition coefficient (Wildman–Crippen LogP) is 2.10. The molecule has 2 aromatic rings. The number of hydrogen-bond donors (Lipinski definition) is 2. The minimum Gasteiger partial charge on any atom is -0.487 e. The smallest absolute Gasteiger partial charge is 0.421 e. The molecule has 140 valence electrons. The number of anilines is 3. The van der Waals surface area contributed by atoms with Crippen LogP contribution in [0.1, 0.15) is 11.3 Å². The zero-order valence-electron chi connectivity index (χ0n) is 14.1. The topological polar surface area (TPSA) is 86.1 Å². The van der Waals surface area contributed by atoms with Gasteiger partial charge in [-0.25, -0.2) is 9.67 Å². The summed E-state index contributed by atoms with van der Waals surface area (Å²) < 4.78 is 52.9. The van der Waals surface area contributed by atoms with Gasteiger partial charge in [-0.1, -0.05) is 0 Å². The van der Waals surface area contributed by atoms with Gasteiger partial charge in [-0.15, -0.1) is 0 Å². The van der Waals surface area contributed by atoms with Crippen LogP contribution in [0.2, 0.25) is 0 Å². The van der Waals surface area contributed by atoms with Crippen LogP contribution in [0.25, 0.3) is 0 Å². The van der Waals surface area contributed by atoms with Crippen molar-refractivity contribution in [2.45, 2.75) is 19.1 Å². The Morgan fingerprint density at radius 1 is 1.27 bits per heavy atom. The third-order valence-electron chi connectivity index (χ3n) is 4.45. The Hall–Kier alpha value is -2.56. The van der Waals surface area contributed by atoms with E-state index in [9.17, 15) is 13.2 Å². The molecule has 0 aromatic carbocycles. The van der Waals surface area contributed by atoms with Crippen LogP contribution in [-0.2, 0) is 18.0 Å². The summed E-state index contributed by atoms with van der Waals surface area (Å²) in [6.45, 7) is 2.74.